The normalized spacial score (nSPS) is 31.0. The van der Waals surface area contributed by atoms with E-state index in [2.05, 4.69) is 50.3 Å². The minimum Gasteiger partial charge on any atom is -0.508 e. The highest BCUT2D eigenvalue weighted by atomic mass is 16.5. The van der Waals surface area contributed by atoms with Gasteiger partial charge in [-0.3, -0.25) is 0 Å². The summed E-state index contributed by atoms with van der Waals surface area (Å²) in [6, 6.07) is 6.20. The van der Waals surface area contributed by atoms with Crippen molar-refractivity contribution < 1.29 is 14.6 Å². The summed E-state index contributed by atoms with van der Waals surface area (Å²) in [5, 5.41) is 9.82. The molecule has 4 rings (SSSR count). The molecule has 142 valence electrons. The minimum atomic E-state index is -0.304. The molecule has 0 bridgehead atoms. The molecule has 0 saturated heterocycles. The summed E-state index contributed by atoms with van der Waals surface area (Å²) in [6.45, 7) is 4.41. The third-order valence-corrected chi connectivity index (χ3v) is 6.19. The monoisotopic (exact) mass is 364 g/mol. The lowest BCUT2D eigenvalue weighted by molar-refractivity contribution is -0.0186. The van der Waals surface area contributed by atoms with Crippen LogP contribution in [0.5, 0.6) is 11.5 Å². The first-order valence-electron chi connectivity index (χ1n) is 9.77. The Morgan fingerprint density at radius 2 is 1.96 bits per heavy atom. The lowest BCUT2D eigenvalue weighted by atomic mass is 9.61. The quantitative estimate of drug-likeness (QED) is 0.746. The van der Waals surface area contributed by atoms with Gasteiger partial charge in [-0.25, -0.2) is 0 Å². The van der Waals surface area contributed by atoms with Crippen molar-refractivity contribution in [2.45, 2.75) is 38.2 Å². The van der Waals surface area contributed by atoms with Gasteiger partial charge in [0.15, 0.2) is 0 Å². The first kappa shape index (κ1) is 18.0. The number of rotatable bonds is 3. The van der Waals surface area contributed by atoms with Gasteiger partial charge < -0.3 is 14.6 Å². The molecule has 0 amide bonds. The standard InChI is InChI=1S/C24H28O3/c1-24(2)23(17-7-5-4-6-8-17)22(16-9-11-18(25)12-10-16)20-14-13-19(26-3)15-21(20)27-24/h4-7,9,11-17,22-23,25H,8,10H2,1-3H3/t16?,17?,22-,23-/m1/s1. The van der Waals surface area contributed by atoms with Crippen LogP contribution in [0, 0.1) is 17.8 Å². The predicted molar refractivity (Wildman–Crippen MR) is 108 cm³/mol. The van der Waals surface area contributed by atoms with E-state index in [-0.39, 0.29) is 5.60 Å². The number of ether oxygens (including phenoxy) is 2. The minimum absolute atomic E-state index is 0.304. The molecule has 0 saturated carbocycles. The maximum absolute atomic E-state index is 9.82. The molecule has 1 aromatic carbocycles. The average molecular weight is 364 g/mol. The molecule has 2 aliphatic carbocycles. The van der Waals surface area contributed by atoms with Gasteiger partial charge in [0.1, 0.15) is 22.9 Å². The van der Waals surface area contributed by atoms with Crippen molar-refractivity contribution in [2.24, 2.45) is 17.8 Å². The third kappa shape index (κ3) is 3.31. The van der Waals surface area contributed by atoms with Gasteiger partial charge in [-0.05, 0) is 62.3 Å². The summed E-state index contributed by atoms with van der Waals surface area (Å²) < 4.78 is 12.0. The first-order chi connectivity index (χ1) is 13.0. The van der Waals surface area contributed by atoms with Crippen LogP contribution in [0.15, 0.2) is 66.5 Å². The molecular weight excluding hydrogens is 336 g/mol. The molecule has 1 aliphatic heterocycles. The molecule has 0 aromatic heterocycles. The summed E-state index contributed by atoms with van der Waals surface area (Å²) in [4.78, 5) is 0. The van der Waals surface area contributed by atoms with Crippen LogP contribution in [-0.4, -0.2) is 17.8 Å². The molecule has 0 fully saturated rings. The molecule has 4 atom stereocenters. The number of methoxy groups -OCH3 is 1. The van der Waals surface area contributed by atoms with E-state index in [9.17, 15) is 5.11 Å². The topological polar surface area (TPSA) is 38.7 Å². The Hall–Kier alpha value is -2.42. The molecule has 1 heterocycles. The van der Waals surface area contributed by atoms with Crippen LogP contribution in [-0.2, 0) is 0 Å². The second kappa shape index (κ2) is 6.95. The van der Waals surface area contributed by atoms with Gasteiger partial charge in [0.2, 0.25) is 0 Å². The Morgan fingerprint density at radius 3 is 2.63 bits per heavy atom. The third-order valence-electron chi connectivity index (χ3n) is 6.19. The predicted octanol–water partition coefficient (Wildman–Crippen LogP) is 5.72. The van der Waals surface area contributed by atoms with E-state index in [1.54, 1.807) is 7.11 Å². The molecule has 1 N–H and O–H groups in total. The van der Waals surface area contributed by atoms with E-state index in [1.165, 1.54) is 5.56 Å². The Kier molecular flexibility index (Phi) is 4.63. The van der Waals surface area contributed by atoms with Crippen molar-refractivity contribution in [1.29, 1.82) is 0 Å². The van der Waals surface area contributed by atoms with Gasteiger partial charge in [0.05, 0.1) is 7.11 Å². The first-order valence-corrected chi connectivity index (χ1v) is 9.77. The van der Waals surface area contributed by atoms with Gasteiger partial charge >= 0.3 is 0 Å². The lowest BCUT2D eigenvalue weighted by Crippen LogP contribution is -2.49. The summed E-state index contributed by atoms with van der Waals surface area (Å²) in [5.74, 6) is 3.52. The highest BCUT2D eigenvalue weighted by Gasteiger charge is 2.49. The molecule has 3 heteroatoms. The van der Waals surface area contributed by atoms with E-state index >= 15 is 0 Å². The Balaban J connectivity index is 1.81. The number of benzene rings is 1. The van der Waals surface area contributed by atoms with Crippen LogP contribution in [0.3, 0.4) is 0 Å². The van der Waals surface area contributed by atoms with Crippen LogP contribution < -0.4 is 9.47 Å². The zero-order chi connectivity index (χ0) is 19.0. The van der Waals surface area contributed by atoms with Crippen LogP contribution in [0.25, 0.3) is 0 Å². The molecule has 1 aromatic rings. The average Bonchev–Trinajstić information content (AvgIpc) is 2.67. The van der Waals surface area contributed by atoms with Crippen molar-refractivity contribution in [2.75, 3.05) is 7.11 Å². The fourth-order valence-electron chi connectivity index (χ4n) is 5.02. The van der Waals surface area contributed by atoms with Crippen molar-refractivity contribution in [1.82, 2.24) is 0 Å². The maximum Gasteiger partial charge on any atom is 0.127 e. The van der Waals surface area contributed by atoms with E-state index in [0.717, 1.165) is 24.3 Å². The number of aliphatic hydroxyl groups excluding tert-OH is 1. The van der Waals surface area contributed by atoms with Gasteiger partial charge in [0.25, 0.3) is 0 Å². The molecular formula is C24H28O3. The number of hydrogen-bond acceptors (Lipinski definition) is 3. The van der Waals surface area contributed by atoms with Crippen molar-refractivity contribution >= 4 is 0 Å². The summed E-state index contributed by atoms with van der Waals surface area (Å²) in [6.07, 6.45) is 16.7. The number of allylic oxidation sites excluding steroid dienone is 7. The Labute approximate surface area is 161 Å². The van der Waals surface area contributed by atoms with Gasteiger partial charge in [-0.1, -0.05) is 36.4 Å². The summed E-state index contributed by atoms with van der Waals surface area (Å²) in [5.41, 5.74) is 0.939. The van der Waals surface area contributed by atoms with E-state index in [4.69, 9.17) is 9.47 Å². The van der Waals surface area contributed by atoms with Gasteiger partial charge in [0, 0.05) is 17.9 Å². The highest BCUT2D eigenvalue weighted by Crippen LogP contribution is 2.54. The summed E-state index contributed by atoms with van der Waals surface area (Å²) >= 11 is 0. The molecule has 27 heavy (non-hydrogen) atoms. The fourth-order valence-corrected chi connectivity index (χ4v) is 5.02. The van der Waals surface area contributed by atoms with Crippen LogP contribution in [0.4, 0.5) is 0 Å². The van der Waals surface area contributed by atoms with Gasteiger partial charge in [-0.15, -0.1) is 0 Å². The zero-order valence-electron chi connectivity index (χ0n) is 16.3. The molecule has 0 spiro atoms. The molecule has 3 aliphatic rings. The number of hydrogen-bond donors (Lipinski definition) is 1. The van der Waals surface area contributed by atoms with Crippen molar-refractivity contribution in [3.8, 4) is 11.5 Å². The van der Waals surface area contributed by atoms with Crippen molar-refractivity contribution in [3.63, 3.8) is 0 Å². The SMILES string of the molecule is COc1ccc2c(c1)OC(C)(C)[C@H](C1C=CC=CC1)[C@@H]2C1C=CC(O)=CC1. The van der Waals surface area contributed by atoms with E-state index < -0.39 is 0 Å². The van der Waals surface area contributed by atoms with E-state index in [1.807, 2.05) is 24.3 Å². The zero-order valence-corrected chi connectivity index (χ0v) is 16.3. The van der Waals surface area contributed by atoms with Crippen LogP contribution in [0.1, 0.15) is 38.2 Å². The smallest absolute Gasteiger partial charge is 0.127 e. The second-order valence-corrected chi connectivity index (χ2v) is 8.26. The van der Waals surface area contributed by atoms with Gasteiger partial charge in [-0.2, -0.15) is 0 Å². The van der Waals surface area contributed by atoms with Crippen LogP contribution >= 0.6 is 0 Å². The van der Waals surface area contributed by atoms with Crippen LogP contribution in [0.2, 0.25) is 0 Å². The maximum atomic E-state index is 9.82. The highest BCUT2D eigenvalue weighted by molar-refractivity contribution is 5.47. The molecule has 0 radical (unpaired) electrons. The Morgan fingerprint density at radius 1 is 1.11 bits per heavy atom. The Bertz CT molecular complexity index is 828. The largest absolute Gasteiger partial charge is 0.508 e. The fraction of sp³-hybridized carbons (Fsp3) is 0.417. The number of aliphatic hydroxyl groups is 1. The molecule has 2 unspecified atom stereocenters. The number of fused-ring (bicyclic) bond motifs is 1. The summed E-state index contributed by atoms with van der Waals surface area (Å²) in [7, 11) is 1.69. The second-order valence-electron chi connectivity index (χ2n) is 8.26. The molecule has 3 nitrogen and oxygen atoms in total. The lowest BCUT2D eigenvalue weighted by Gasteiger charge is -2.50. The van der Waals surface area contributed by atoms with Crippen molar-refractivity contribution in [3.05, 3.63) is 72.1 Å². The van der Waals surface area contributed by atoms with E-state index in [0.29, 0.717) is 29.4 Å².